The van der Waals surface area contributed by atoms with Crippen LogP contribution < -0.4 is 4.90 Å². The van der Waals surface area contributed by atoms with E-state index in [-0.39, 0.29) is 12.5 Å². The van der Waals surface area contributed by atoms with Gasteiger partial charge >= 0.3 is 11.9 Å². The number of carbonyl (C=O) groups is 2. The first-order chi connectivity index (χ1) is 14.2. The number of esters is 1. The summed E-state index contributed by atoms with van der Waals surface area (Å²) in [4.78, 5) is 52.9. The van der Waals surface area contributed by atoms with Gasteiger partial charge in [-0.15, -0.1) is 0 Å². The molecule has 11 heteroatoms. The number of aliphatic carboxylic acids is 1. The van der Waals surface area contributed by atoms with Crippen molar-refractivity contribution in [1.29, 1.82) is 0 Å². The summed E-state index contributed by atoms with van der Waals surface area (Å²) in [7, 11) is 0. The highest BCUT2D eigenvalue weighted by Crippen LogP contribution is 2.27. The van der Waals surface area contributed by atoms with E-state index in [1.54, 1.807) is 25.3 Å². The Kier molecular flexibility index (Phi) is 6.12. The molecule has 1 atom stereocenters. The highest BCUT2D eigenvalue weighted by Gasteiger charge is 2.29. The SMILES string of the molecule is CC(C)(C)OC(=O)C(Cn1cnc2c(N3CCC(C(=O)O)CC3)ncnc21)N=C=O. The Morgan fingerprint density at radius 1 is 1.30 bits per heavy atom. The number of hydrogen-bond acceptors (Lipinski definition) is 9. The molecule has 0 saturated carbocycles. The number of nitrogens with zero attached hydrogens (tertiary/aromatic N) is 6. The third kappa shape index (κ3) is 4.80. The summed E-state index contributed by atoms with van der Waals surface area (Å²) in [5.74, 6) is -1.17. The van der Waals surface area contributed by atoms with Gasteiger partial charge in [0.2, 0.25) is 6.08 Å². The lowest BCUT2D eigenvalue weighted by molar-refractivity contribution is -0.156. The van der Waals surface area contributed by atoms with Crippen LogP contribution in [0.25, 0.3) is 11.2 Å². The number of isocyanates is 1. The maximum atomic E-state index is 12.4. The van der Waals surface area contributed by atoms with E-state index >= 15 is 0 Å². The number of carboxylic acid groups (broad SMARTS) is 1. The summed E-state index contributed by atoms with van der Waals surface area (Å²) in [6.45, 7) is 6.29. The molecule has 2 aromatic rings. The van der Waals surface area contributed by atoms with Gasteiger partial charge in [-0.25, -0.2) is 24.5 Å². The Balaban J connectivity index is 1.83. The van der Waals surface area contributed by atoms with E-state index in [1.165, 1.54) is 18.7 Å². The zero-order valence-electron chi connectivity index (χ0n) is 17.1. The van der Waals surface area contributed by atoms with Crippen molar-refractivity contribution in [2.45, 2.75) is 51.8 Å². The molecule has 1 saturated heterocycles. The summed E-state index contributed by atoms with van der Waals surface area (Å²) in [6.07, 6.45) is 5.37. The molecule has 160 valence electrons. The molecular formula is C19H24N6O5. The van der Waals surface area contributed by atoms with Gasteiger partial charge < -0.3 is 19.3 Å². The van der Waals surface area contributed by atoms with Crippen LogP contribution in [-0.4, -0.2) is 67.4 Å². The van der Waals surface area contributed by atoms with Crippen molar-refractivity contribution in [3.63, 3.8) is 0 Å². The molecule has 1 N–H and O–H groups in total. The maximum Gasteiger partial charge on any atom is 0.334 e. The van der Waals surface area contributed by atoms with Crippen LogP contribution in [0.15, 0.2) is 17.6 Å². The number of ether oxygens (including phenoxy) is 1. The van der Waals surface area contributed by atoms with Gasteiger partial charge in [-0.1, -0.05) is 0 Å². The molecule has 30 heavy (non-hydrogen) atoms. The summed E-state index contributed by atoms with van der Waals surface area (Å²) in [6, 6.07) is -1.08. The fraction of sp³-hybridized carbons (Fsp3) is 0.579. The minimum Gasteiger partial charge on any atom is -0.481 e. The van der Waals surface area contributed by atoms with Crippen LogP contribution >= 0.6 is 0 Å². The number of aromatic nitrogens is 4. The quantitative estimate of drug-likeness (QED) is 0.417. The average molecular weight is 416 g/mol. The number of hydrogen-bond donors (Lipinski definition) is 1. The summed E-state index contributed by atoms with van der Waals surface area (Å²) < 4.78 is 6.94. The monoisotopic (exact) mass is 416 g/mol. The molecule has 1 unspecified atom stereocenters. The summed E-state index contributed by atoms with van der Waals surface area (Å²) >= 11 is 0. The molecule has 1 aliphatic heterocycles. The number of fused-ring (bicyclic) bond motifs is 1. The predicted octanol–water partition coefficient (Wildman–Crippen LogP) is 1.17. The van der Waals surface area contributed by atoms with Crippen LogP contribution in [0.2, 0.25) is 0 Å². The van der Waals surface area contributed by atoms with Gasteiger partial charge in [-0.05, 0) is 33.6 Å². The molecule has 3 rings (SSSR count). The molecule has 11 nitrogen and oxygen atoms in total. The number of rotatable bonds is 6. The van der Waals surface area contributed by atoms with Crippen LogP contribution in [0.3, 0.4) is 0 Å². The Hall–Kier alpha value is -3.33. The molecule has 3 heterocycles. The average Bonchev–Trinajstić information content (AvgIpc) is 3.09. The van der Waals surface area contributed by atoms with E-state index in [0.29, 0.717) is 42.9 Å². The zero-order valence-corrected chi connectivity index (χ0v) is 17.1. The Morgan fingerprint density at radius 2 is 2.00 bits per heavy atom. The molecule has 0 bridgehead atoms. The maximum absolute atomic E-state index is 12.4. The molecule has 0 aromatic carbocycles. The van der Waals surface area contributed by atoms with E-state index in [4.69, 9.17) is 4.74 Å². The minimum absolute atomic E-state index is 0.0121. The Morgan fingerprint density at radius 3 is 2.60 bits per heavy atom. The van der Waals surface area contributed by atoms with Crippen LogP contribution in [0, 0.1) is 5.92 Å². The van der Waals surface area contributed by atoms with Crippen molar-refractivity contribution in [3.05, 3.63) is 12.7 Å². The molecule has 0 spiro atoms. The normalized spacial score (nSPS) is 16.2. The lowest BCUT2D eigenvalue weighted by Crippen LogP contribution is -2.37. The first-order valence-electron chi connectivity index (χ1n) is 9.63. The molecule has 1 fully saturated rings. The second-order valence-electron chi connectivity index (χ2n) is 8.14. The highest BCUT2D eigenvalue weighted by atomic mass is 16.6. The summed E-state index contributed by atoms with van der Waals surface area (Å²) in [5, 5.41) is 9.18. The second kappa shape index (κ2) is 8.58. The topological polar surface area (TPSA) is 140 Å². The molecule has 0 aliphatic carbocycles. The molecule has 1 aliphatic rings. The van der Waals surface area contributed by atoms with Crippen molar-refractivity contribution in [2.75, 3.05) is 18.0 Å². The highest BCUT2D eigenvalue weighted by molar-refractivity contribution is 5.84. The Labute approximate surface area is 172 Å². The minimum atomic E-state index is -1.08. The lowest BCUT2D eigenvalue weighted by atomic mass is 9.97. The van der Waals surface area contributed by atoms with Crippen LogP contribution in [0.5, 0.6) is 0 Å². The first kappa shape index (κ1) is 21.4. The van der Waals surface area contributed by atoms with Gasteiger partial charge in [0.05, 0.1) is 18.8 Å². The van der Waals surface area contributed by atoms with Crippen molar-refractivity contribution in [2.24, 2.45) is 10.9 Å². The van der Waals surface area contributed by atoms with Crippen LogP contribution in [0.1, 0.15) is 33.6 Å². The van der Waals surface area contributed by atoms with Gasteiger partial charge in [0, 0.05) is 13.1 Å². The predicted molar refractivity (Wildman–Crippen MR) is 106 cm³/mol. The van der Waals surface area contributed by atoms with Gasteiger partial charge in [-0.3, -0.25) is 4.79 Å². The second-order valence-corrected chi connectivity index (χ2v) is 8.14. The van der Waals surface area contributed by atoms with Crippen molar-refractivity contribution >= 4 is 35.0 Å². The molecule has 0 radical (unpaired) electrons. The lowest BCUT2D eigenvalue weighted by Gasteiger charge is -2.30. The van der Waals surface area contributed by atoms with Crippen molar-refractivity contribution in [1.82, 2.24) is 19.5 Å². The van der Waals surface area contributed by atoms with Gasteiger partial charge in [0.1, 0.15) is 11.9 Å². The Bertz CT molecular complexity index is 983. The van der Waals surface area contributed by atoms with Gasteiger partial charge in [0.25, 0.3) is 0 Å². The van der Waals surface area contributed by atoms with E-state index in [9.17, 15) is 19.5 Å². The van der Waals surface area contributed by atoms with E-state index in [0.717, 1.165) is 0 Å². The van der Waals surface area contributed by atoms with Crippen molar-refractivity contribution < 1.29 is 24.2 Å². The molecular weight excluding hydrogens is 392 g/mol. The van der Waals surface area contributed by atoms with Crippen LogP contribution in [0.4, 0.5) is 5.82 Å². The third-order valence-electron chi connectivity index (χ3n) is 4.78. The smallest absolute Gasteiger partial charge is 0.334 e. The van der Waals surface area contributed by atoms with Crippen molar-refractivity contribution in [3.8, 4) is 0 Å². The number of aliphatic imine (C=N–C) groups is 1. The first-order valence-corrected chi connectivity index (χ1v) is 9.63. The van der Waals surface area contributed by atoms with E-state index in [1.807, 2.05) is 4.90 Å². The number of piperidine rings is 1. The fourth-order valence-corrected chi connectivity index (χ4v) is 3.36. The largest absolute Gasteiger partial charge is 0.481 e. The zero-order chi connectivity index (χ0) is 21.9. The summed E-state index contributed by atoms with van der Waals surface area (Å²) in [5.41, 5.74) is 0.293. The number of carbonyl (C=O) groups excluding carboxylic acids is 2. The van der Waals surface area contributed by atoms with Crippen LogP contribution in [-0.2, 0) is 25.7 Å². The molecule has 2 aromatic heterocycles. The third-order valence-corrected chi connectivity index (χ3v) is 4.78. The fourth-order valence-electron chi connectivity index (χ4n) is 3.36. The number of carboxylic acids is 1. The van der Waals surface area contributed by atoms with Gasteiger partial charge in [0.15, 0.2) is 23.0 Å². The van der Waals surface area contributed by atoms with E-state index < -0.39 is 23.6 Å². The van der Waals surface area contributed by atoms with E-state index in [2.05, 4.69) is 19.9 Å². The number of imidazole rings is 1. The van der Waals surface area contributed by atoms with Gasteiger partial charge in [-0.2, -0.15) is 4.99 Å². The standard InChI is InChI=1S/C19H24N6O5/c1-19(2,3)30-18(29)13(23-11-26)8-25-10-22-14-15(20-9-21-16(14)25)24-6-4-12(5-7-24)17(27)28/h9-10,12-13H,4-8H2,1-3H3,(H,27,28). The molecule has 0 amide bonds. The number of anilines is 1.